The molecular formula is C24H32O6. The number of furan rings is 1. The molecular weight excluding hydrogens is 384 g/mol. The van der Waals surface area contributed by atoms with Gasteiger partial charge in [0.05, 0.1) is 18.1 Å². The Labute approximate surface area is 178 Å². The van der Waals surface area contributed by atoms with E-state index in [2.05, 4.69) is 6.92 Å². The lowest BCUT2D eigenvalue weighted by atomic mass is 9.53. The number of aryl methyl sites for hydroxylation is 1. The van der Waals surface area contributed by atoms with Crippen LogP contribution in [-0.2, 0) is 23.9 Å². The molecule has 1 aromatic heterocycles. The molecule has 0 N–H and O–H groups in total. The zero-order chi connectivity index (χ0) is 22.4. The average molecular weight is 417 g/mol. The minimum atomic E-state index is -0.818. The summed E-state index contributed by atoms with van der Waals surface area (Å²) in [6.07, 6.45) is 2.91. The fourth-order valence-corrected chi connectivity index (χ4v) is 4.77. The maximum Gasteiger partial charge on any atom is 0.334 e. The molecule has 30 heavy (non-hydrogen) atoms. The standard InChI is InChI=1S/C24H32O6/c1-8-13(4)23(27)30-21-17-14(5)11-28-19(17)20(29-22(26)12(2)3)18-16(25)10-9-15(6)24(18,21)7/h8,11-12,15,18,20-21H,9-10H2,1-7H3. The van der Waals surface area contributed by atoms with Crippen LogP contribution >= 0.6 is 0 Å². The molecule has 0 radical (unpaired) electrons. The predicted octanol–water partition coefficient (Wildman–Crippen LogP) is 5.01. The van der Waals surface area contributed by atoms with E-state index in [1.165, 1.54) is 0 Å². The number of carbonyl (C=O) groups excluding carboxylic acids is 3. The van der Waals surface area contributed by atoms with Crippen LogP contribution in [-0.4, -0.2) is 17.7 Å². The van der Waals surface area contributed by atoms with Gasteiger partial charge in [-0.3, -0.25) is 9.59 Å². The van der Waals surface area contributed by atoms with Crippen LogP contribution in [0.15, 0.2) is 22.3 Å². The highest BCUT2D eigenvalue weighted by atomic mass is 16.6. The van der Waals surface area contributed by atoms with Gasteiger partial charge >= 0.3 is 11.9 Å². The first-order valence-corrected chi connectivity index (χ1v) is 10.7. The van der Waals surface area contributed by atoms with E-state index in [0.29, 0.717) is 29.7 Å². The molecule has 1 fully saturated rings. The van der Waals surface area contributed by atoms with Gasteiger partial charge in [0, 0.05) is 23.0 Å². The van der Waals surface area contributed by atoms with Gasteiger partial charge in [-0.25, -0.2) is 4.79 Å². The Morgan fingerprint density at radius 2 is 1.97 bits per heavy atom. The zero-order valence-corrected chi connectivity index (χ0v) is 18.9. The van der Waals surface area contributed by atoms with Crippen LogP contribution in [0.25, 0.3) is 0 Å². The highest BCUT2D eigenvalue weighted by Gasteiger charge is 2.62. The lowest BCUT2D eigenvalue weighted by molar-refractivity contribution is -0.192. The first-order chi connectivity index (χ1) is 14.0. The molecule has 1 heterocycles. The number of esters is 2. The van der Waals surface area contributed by atoms with Crippen LogP contribution in [0.2, 0.25) is 0 Å². The number of carbonyl (C=O) groups is 3. The van der Waals surface area contributed by atoms with Crippen molar-refractivity contribution in [3.8, 4) is 0 Å². The first kappa shape index (κ1) is 22.3. The topological polar surface area (TPSA) is 82.8 Å². The van der Waals surface area contributed by atoms with E-state index in [1.54, 1.807) is 40.0 Å². The normalized spacial score (nSPS) is 31.2. The smallest absolute Gasteiger partial charge is 0.334 e. The third-order valence-corrected chi connectivity index (χ3v) is 7.04. The maximum absolute atomic E-state index is 13.2. The van der Waals surface area contributed by atoms with Crippen LogP contribution in [0.4, 0.5) is 0 Å². The molecule has 3 rings (SSSR count). The van der Waals surface area contributed by atoms with E-state index in [1.807, 2.05) is 13.8 Å². The minimum absolute atomic E-state index is 0.0145. The quantitative estimate of drug-likeness (QED) is 0.507. The summed E-state index contributed by atoms with van der Waals surface area (Å²) >= 11 is 0. The third kappa shape index (κ3) is 3.40. The summed E-state index contributed by atoms with van der Waals surface area (Å²) in [7, 11) is 0. The second-order valence-corrected chi connectivity index (χ2v) is 9.22. The average Bonchev–Trinajstić information content (AvgIpc) is 3.08. The lowest BCUT2D eigenvalue weighted by Crippen LogP contribution is -2.54. The van der Waals surface area contributed by atoms with Crippen LogP contribution in [0.1, 0.15) is 83.5 Å². The highest BCUT2D eigenvalue weighted by Crippen LogP contribution is 2.62. The molecule has 0 aromatic carbocycles. The zero-order valence-electron chi connectivity index (χ0n) is 18.9. The number of ether oxygens (including phenoxy) is 2. The molecule has 164 valence electrons. The fraction of sp³-hybridized carbons (Fsp3) is 0.625. The number of allylic oxidation sites excluding steroid dienone is 1. The molecule has 0 bridgehead atoms. The number of fused-ring (bicyclic) bond motifs is 2. The number of hydrogen-bond acceptors (Lipinski definition) is 6. The van der Waals surface area contributed by atoms with Gasteiger partial charge in [-0.1, -0.05) is 33.8 Å². The van der Waals surface area contributed by atoms with Gasteiger partial charge in [0.25, 0.3) is 0 Å². The Morgan fingerprint density at radius 3 is 2.57 bits per heavy atom. The van der Waals surface area contributed by atoms with Crippen molar-refractivity contribution in [3.63, 3.8) is 0 Å². The largest absolute Gasteiger partial charge is 0.465 e. The molecule has 5 unspecified atom stereocenters. The summed E-state index contributed by atoms with van der Waals surface area (Å²) in [5.41, 5.74) is 1.31. The molecule has 0 spiro atoms. The molecule has 0 amide bonds. The van der Waals surface area contributed by atoms with Crippen molar-refractivity contribution in [2.24, 2.45) is 23.2 Å². The molecule has 5 atom stereocenters. The van der Waals surface area contributed by atoms with Crippen LogP contribution in [0.5, 0.6) is 0 Å². The lowest BCUT2D eigenvalue weighted by Gasteiger charge is -2.53. The van der Waals surface area contributed by atoms with Crippen molar-refractivity contribution in [2.45, 2.75) is 73.5 Å². The van der Waals surface area contributed by atoms with Crippen molar-refractivity contribution in [1.29, 1.82) is 0 Å². The SMILES string of the molecule is CC=C(C)C(=O)OC1c2c(C)coc2C(OC(=O)C(C)C)C2C(=O)CCC(C)C12C. The highest BCUT2D eigenvalue weighted by molar-refractivity contribution is 5.88. The van der Waals surface area contributed by atoms with Crippen LogP contribution in [0, 0.1) is 30.1 Å². The molecule has 0 saturated heterocycles. The number of Topliss-reactive ketones (excluding diaryl/α,β-unsaturated/α-hetero) is 1. The van der Waals surface area contributed by atoms with E-state index in [0.717, 1.165) is 5.56 Å². The molecule has 1 aromatic rings. The summed E-state index contributed by atoms with van der Waals surface area (Å²) in [5, 5.41) is 0. The Morgan fingerprint density at radius 1 is 1.30 bits per heavy atom. The van der Waals surface area contributed by atoms with Gasteiger partial charge < -0.3 is 13.9 Å². The molecule has 1 saturated carbocycles. The van der Waals surface area contributed by atoms with Crippen molar-refractivity contribution >= 4 is 17.7 Å². The molecule has 0 aliphatic heterocycles. The first-order valence-electron chi connectivity index (χ1n) is 10.7. The summed E-state index contributed by atoms with van der Waals surface area (Å²) in [6.45, 7) is 12.9. The molecule has 6 heteroatoms. The molecule has 2 aliphatic rings. The summed E-state index contributed by atoms with van der Waals surface area (Å²) in [5.74, 6) is -1.26. The third-order valence-electron chi connectivity index (χ3n) is 7.04. The van der Waals surface area contributed by atoms with Gasteiger partial charge in [0.15, 0.2) is 11.9 Å². The van der Waals surface area contributed by atoms with Gasteiger partial charge in [-0.15, -0.1) is 0 Å². The van der Waals surface area contributed by atoms with Gasteiger partial charge in [-0.2, -0.15) is 0 Å². The maximum atomic E-state index is 13.2. The van der Waals surface area contributed by atoms with Gasteiger partial charge in [-0.05, 0) is 38.7 Å². The minimum Gasteiger partial charge on any atom is -0.465 e. The van der Waals surface area contributed by atoms with Crippen LogP contribution in [0.3, 0.4) is 0 Å². The fourth-order valence-electron chi connectivity index (χ4n) is 4.77. The number of hydrogen-bond donors (Lipinski definition) is 0. The number of ketones is 1. The van der Waals surface area contributed by atoms with Crippen molar-refractivity contribution in [2.75, 3.05) is 0 Å². The van der Waals surface area contributed by atoms with Crippen molar-refractivity contribution in [1.82, 2.24) is 0 Å². The second kappa shape index (κ2) is 8.05. The van der Waals surface area contributed by atoms with Gasteiger partial charge in [0.2, 0.25) is 0 Å². The van der Waals surface area contributed by atoms with E-state index < -0.39 is 29.5 Å². The Bertz CT molecular complexity index is 892. The van der Waals surface area contributed by atoms with Crippen molar-refractivity contribution < 1.29 is 28.3 Å². The Balaban J connectivity index is 2.19. The van der Waals surface area contributed by atoms with E-state index >= 15 is 0 Å². The monoisotopic (exact) mass is 416 g/mol. The van der Waals surface area contributed by atoms with Crippen LogP contribution < -0.4 is 0 Å². The number of rotatable bonds is 4. The van der Waals surface area contributed by atoms with E-state index in [9.17, 15) is 14.4 Å². The van der Waals surface area contributed by atoms with Gasteiger partial charge in [0.1, 0.15) is 11.9 Å². The second-order valence-electron chi connectivity index (χ2n) is 9.22. The summed E-state index contributed by atoms with van der Waals surface area (Å²) in [6, 6.07) is 0. The predicted molar refractivity (Wildman–Crippen MR) is 110 cm³/mol. The van der Waals surface area contributed by atoms with E-state index in [-0.39, 0.29) is 23.6 Å². The van der Waals surface area contributed by atoms with Crippen molar-refractivity contribution in [3.05, 3.63) is 34.8 Å². The molecule has 6 nitrogen and oxygen atoms in total. The summed E-state index contributed by atoms with van der Waals surface area (Å²) in [4.78, 5) is 38.5. The van der Waals surface area contributed by atoms with E-state index in [4.69, 9.17) is 13.9 Å². The molecule has 2 aliphatic carbocycles. The summed E-state index contributed by atoms with van der Waals surface area (Å²) < 4.78 is 17.7. The Kier molecular flexibility index (Phi) is 5.99. The Hall–Kier alpha value is -2.37.